The minimum Gasteiger partial charge on any atom is -0.467 e. The molecule has 1 fully saturated rings. The maximum absolute atomic E-state index is 12.7. The Balaban J connectivity index is 1.73. The Morgan fingerprint density at radius 1 is 1.44 bits per heavy atom. The minimum absolute atomic E-state index is 0.123. The summed E-state index contributed by atoms with van der Waals surface area (Å²) in [6, 6.07) is 5.34. The van der Waals surface area contributed by atoms with Crippen molar-refractivity contribution in [3.63, 3.8) is 0 Å². The molecule has 1 amide bonds. The van der Waals surface area contributed by atoms with Gasteiger partial charge in [0.2, 0.25) is 5.88 Å². The first-order chi connectivity index (χ1) is 11.8. The van der Waals surface area contributed by atoms with Gasteiger partial charge in [-0.05, 0) is 30.4 Å². The van der Waals surface area contributed by atoms with E-state index in [1.807, 2.05) is 17.5 Å². The van der Waals surface area contributed by atoms with Crippen molar-refractivity contribution in [2.75, 3.05) is 6.61 Å². The summed E-state index contributed by atoms with van der Waals surface area (Å²) in [5.41, 5.74) is 0.229. The standard InChI is InChI=1S/C16H14ClF3N2O2S/c17-13-6-10(7-21-14(13)24-9-16(18,19)20)15(23)22(11-3-4-11)8-12-2-1-5-25-12/h1-2,5-7,11H,3-4,8-9H2. The van der Waals surface area contributed by atoms with Crippen LogP contribution in [0, 0.1) is 0 Å². The molecule has 4 nitrogen and oxygen atoms in total. The number of carbonyl (C=O) groups is 1. The summed E-state index contributed by atoms with van der Waals surface area (Å²) in [6.45, 7) is -0.995. The van der Waals surface area contributed by atoms with Crippen LogP contribution in [0.5, 0.6) is 5.88 Å². The molecule has 0 N–H and O–H groups in total. The van der Waals surface area contributed by atoms with Crippen molar-refractivity contribution in [1.82, 2.24) is 9.88 Å². The average Bonchev–Trinajstić information content (AvgIpc) is 3.26. The smallest absolute Gasteiger partial charge is 0.422 e. The van der Waals surface area contributed by atoms with Crippen molar-refractivity contribution in [3.8, 4) is 5.88 Å². The fourth-order valence-corrected chi connectivity index (χ4v) is 3.21. The van der Waals surface area contributed by atoms with Gasteiger partial charge < -0.3 is 9.64 Å². The van der Waals surface area contributed by atoms with E-state index in [2.05, 4.69) is 9.72 Å². The molecule has 2 aromatic heterocycles. The summed E-state index contributed by atoms with van der Waals surface area (Å²) in [5.74, 6) is -0.584. The largest absolute Gasteiger partial charge is 0.467 e. The predicted molar refractivity (Wildman–Crippen MR) is 88.0 cm³/mol. The van der Waals surface area contributed by atoms with Gasteiger partial charge in [-0.2, -0.15) is 13.2 Å². The number of amides is 1. The maximum Gasteiger partial charge on any atom is 0.422 e. The van der Waals surface area contributed by atoms with Gasteiger partial charge in [-0.25, -0.2) is 4.98 Å². The minimum atomic E-state index is -4.48. The molecule has 134 valence electrons. The third-order valence-corrected chi connectivity index (χ3v) is 4.71. The number of thiophene rings is 1. The number of hydrogen-bond acceptors (Lipinski definition) is 4. The number of alkyl halides is 3. The summed E-state index contributed by atoms with van der Waals surface area (Å²) in [4.78, 5) is 19.3. The molecular weight excluding hydrogens is 377 g/mol. The second kappa shape index (κ2) is 7.21. The second-order valence-electron chi connectivity index (χ2n) is 5.66. The van der Waals surface area contributed by atoms with E-state index < -0.39 is 12.8 Å². The van der Waals surface area contributed by atoms with Crippen LogP contribution in [0.1, 0.15) is 28.1 Å². The summed E-state index contributed by atoms with van der Waals surface area (Å²) in [7, 11) is 0. The van der Waals surface area contributed by atoms with Crippen LogP contribution >= 0.6 is 22.9 Å². The van der Waals surface area contributed by atoms with Gasteiger partial charge in [0.25, 0.3) is 5.91 Å². The Kier molecular flexibility index (Phi) is 5.19. The van der Waals surface area contributed by atoms with Crippen molar-refractivity contribution in [1.29, 1.82) is 0 Å². The molecule has 0 unspecified atom stereocenters. The van der Waals surface area contributed by atoms with Crippen LogP contribution in [-0.4, -0.2) is 34.6 Å². The lowest BCUT2D eigenvalue weighted by molar-refractivity contribution is -0.154. The summed E-state index contributed by atoms with van der Waals surface area (Å²) in [5, 5.41) is 1.82. The van der Waals surface area contributed by atoms with E-state index in [9.17, 15) is 18.0 Å². The molecule has 2 heterocycles. The van der Waals surface area contributed by atoms with Crippen LogP contribution in [0.25, 0.3) is 0 Å². The molecule has 0 spiro atoms. The van der Waals surface area contributed by atoms with E-state index in [1.165, 1.54) is 12.3 Å². The Morgan fingerprint density at radius 2 is 2.20 bits per heavy atom. The molecule has 1 aliphatic rings. The first-order valence-corrected chi connectivity index (χ1v) is 8.78. The highest BCUT2D eigenvalue weighted by Crippen LogP contribution is 2.32. The van der Waals surface area contributed by atoms with Crippen LogP contribution in [0.4, 0.5) is 13.2 Å². The van der Waals surface area contributed by atoms with E-state index >= 15 is 0 Å². The van der Waals surface area contributed by atoms with E-state index in [0.717, 1.165) is 17.7 Å². The van der Waals surface area contributed by atoms with Crippen molar-refractivity contribution in [3.05, 3.63) is 45.2 Å². The van der Waals surface area contributed by atoms with Crippen LogP contribution < -0.4 is 4.74 Å². The zero-order valence-electron chi connectivity index (χ0n) is 12.9. The number of pyridine rings is 1. The van der Waals surface area contributed by atoms with Gasteiger partial charge in [0.15, 0.2) is 6.61 Å². The number of halogens is 4. The van der Waals surface area contributed by atoms with E-state index in [4.69, 9.17) is 11.6 Å². The summed E-state index contributed by atoms with van der Waals surface area (Å²) < 4.78 is 41.2. The Morgan fingerprint density at radius 3 is 2.76 bits per heavy atom. The first kappa shape index (κ1) is 18.0. The zero-order chi connectivity index (χ0) is 18.0. The van der Waals surface area contributed by atoms with Crippen LogP contribution in [0.15, 0.2) is 29.8 Å². The lowest BCUT2D eigenvalue weighted by Crippen LogP contribution is -2.32. The molecule has 1 aliphatic carbocycles. The van der Waals surface area contributed by atoms with Crippen LogP contribution in [0.2, 0.25) is 5.02 Å². The van der Waals surface area contributed by atoms with Crippen molar-refractivity contribution < 1.29 is 22.7 Å². The number of carbonyl (C=O) groups excluding carboxylic acids is 1. The third-order valence-electron chi connectivity index (χ3n) is 3.58. The molecule has 2 aromatic rings. The number of hydrogen-bond donors (Lipinski definition) is 0. The molecule has 0 atom stereocenters. The molecule has 0 radical (unpaired) electrons. The number of rotatable bonds is 6. The molecule has 3 rings (SSSR count). The van der Waals surface area contributed by atoms with Gasteiger partial charge in [-0.3, -0.25) is 4.79 Å². The Labute approximate surface area is 151 Å². The lowest BCUT2D eigenvalue weighted by atomic mass is 10.2. The highest BCUT2D eigenvalue weighted by Gasteiger charge is 2.34. The summed E-state index contributed by atoms with van der Waals surface area (Å²) in [6.07, 6.45) is -1.41. The van der Waals surface area contributed by atoms with Crippen LogP contribution in [0.3, 0.4) is 0 Å². The molecule has 1 saturated carbocycles. The van der Waals surface area contributed by atoms with Gasteiger partial charge in [-0.1, -0.05) is 17.7 Å². The molecule has 0 aromatic carbocycles. The molecule has 25 heavy (non-hydrogen) atoms. The van der Waals surface area contributed by atoms with Gasteiger partial charge in [0.1, 0.15) is 5.02 Å². The number of nitrogens with zero attached hydrogens (tertiary/aromatic N) is 2. The van der Waals surface area contributed by atoms with Gasteiger partial charge >= 0.3 is 6.18 Å². The van der Waals surface area contributed by atoms with Crippen molar-refractivity contribution in [2.45, 2.75) is 31.6 Å². The SMILES string of the molecule is O=C(c1cnc(OCC(F)(F)F)c(Cl)c1)N(Cc1cccs1)C1CC1. The van der Waals surface area contributed by atoms with Gasteiger partial charge in [0, 0.05) is 17.1 Å². The predicted octanol–water partition coefficient (Wildman–Crippen LogP) is 4.54. The Bertz CT molecular complexity index is 748. The topological polar surface area (TPSA) is 42.4 Å². The fraction of sp³-hybridized carbons (Fsp3) is 0.375. The van der Waals surface area contributed by atoms with Crippen LogP contribution in [-0.2, 0) is 6.54 Å². The monoisotopic (exact) mass is 390 g/mol. The van der Waals surface area contributed by atoms with Gasteiger partial charge in [0.05, 0.1) is 12.1 Å². The van der Waals surface area contributed by atoms with Crippen molar-refractivity contribution in [2.24, 2.45) is 0 Å². The summed E-state index contributed by atoms with van der Waals surface area (Å²) >= 11 is 7.48. The maximum atomic E-state index is 12.7. The third kappa shape index (κ3) is 4.85. The second-order valence-corrected chi connectivity index (χ2v) is 7.10. The first-order valence-electron chi connectivity index (χ1n) is 7.52. The average molecular weight is 391 g/mol. The molecule has 9 heteroatoms. The fourth-order valence-electron chi connectivity index (χ4n) is 2.29. The lowest BCUT2D eigenvalue weighted by Gasteiger charge is -2.22. The Hall–Kier alpha value is -1.80. The van der Waals surface area contributed by atoms with E-state index in [1.54, 1.807) is 16.2 Å². The van der Waals surface area contributed by atoms with E-state index in [-0.39, 0.29) is 28.4 Å². The quantitative estimate of drug-likeness (QED) is 0.727. The highest BCUT2D eigenvalue weighted by molar-refractivity contribution is 7.09. The van der Waals surface area contributed by atoms with Gasteiger partial charge in [-0.15, -0.1) is 11.3 Å². The van der Waals surface area contributed by atoms with Crippen molar-refractivity contribution >= 4 is 28.8 Å². The molecular formula is C16H14ClF3N2O2S. The number of aromatic nitrogens is 1. The molecule has 0 bridgehead atoms. The normalized spacial score (nSPS) is 14.4. The van der Waals surface area contributed by atoms with E-state index in [0.29, 0.717) is 6.54 Å². The molecule has 0 aliphatic heterocycles. The highest BCUT2D eigenvalue weighted by atomic mass is 35.5. The number of ether oxygens (including phenoxy) is 1. The molecule has 0 saturated heterocycles. The zero-order valence-corrected chi connectivity index (χ0v) is 14.5.